The van der Waals surface area contributed by atoms with Crippen molar-refractivity contribution in [3.8, 4) is 11.5 Å². The number of aliphatic hydroxyl groups is 2. The molecule has 11 amide bonds. The molecule has 5 rings (SSSR count). The standard InChI is InChI=1S/C74H114N12O20/c1-7-8-9-10-11-12-13-14-15-16-17-18-21-49(89)42-59(91)77-52(33-36-60(92)93)66(97)78-51(22-19-38-75)65(96)81-56-41-47-26-30-50(31-27-47)106-74(105)63(44(4)5)84-69(100)55(40-46-24-28-48(88)29-25-46)82-67(98)53(32-35-58(76)90)79-71(102)57-23-20-39-86(57)73(104)62(43(2)3)83-68(99)54(34-37-61(94)95)80-72(103)64(45(6)87)85-70(56)101/h24-31,43-45,49,51-57,62-64,87-89H,7-23,32-42,75H2,1-6H3,(H2,76,90)(H,77,91)(H,78,97)(H,79,102)(H,80,103)(H,81,96)(H,82,98)(H,83,99)(H,84,100)(H,85,101)(H,92,93)(H,94,95)/t45-,49-,51+,52+,53-,54+,55+,56-,57-,62-,63-,64-/m0/s1. The number of benzene rings is 2. The predicted octanol–water partition coefficient (Wildman–Crippen LogP) is 1.72. The summed E-state index contributed by atoms with van der Waals surface area (Å²) in [4.78, 5) is 196. The van der Waals surface area contributed by atoms with E-state index in [1.165, 1.54) is 87.1 Å². The van der Waals surface area contributed by atoms with Gasteiger partial charge in [0.25, 0.3) is 0 Å². The van der Waals surface area contributed by atoms with Gasteiger partial charge in [0.2, 0.25) is 65.0 Å². The van der Waals surface area contributed by atoms with Crippen LogP contribution in [-0.2, 0) is 80.0 Å². The summed E-state index contributed by atoms with van der Waals surface area (Å²) in [6.07, 6.45) is 6.34. The summed E-state index contributed by atoms with van der Waals surface area (Å²) < 4.78 is 5.77. The molecular formula is C74H114N12O20. The molecule has 590 valence electrons. The van der Waals surface area contributed by atoms with Crippen LogP contribution in [0.2, 0.25) is 0 Å². The second kappa shape index (κ2) is 46.6. The van der Waals surface area contributed by atoms with Crippen molar-refractivity contribution >= 4 is 82.9 Å². The van der Waals surface area contributed by atoms with Crippen LogP contribution < -0.4 is 64.1 Å². The zero-order valence-corrected chi connectivity index (χ0v) is 62.0. The molecule has 2 aromatic rings. The van der Waals surface area contributed by atoms with Gasteiger partial charge in [-0.25, -0.2) is 4.79 Å². The third-order valence-electron chi connectivity index (χ3n) is 18.6. The summed E-state index contributed by atoms with van der Waals surface area (Å²) >= 11 is 0. The number of esters is 1. The van der Waals surface area contributed by atoms with Crippen molar-refractivity contribution in [2.75, 3.05) is 13.1 Å². The molecule has 32 nitrogen and oxygen atoms in total. The van der Waals surface area contributed by atoms with Crippen LogP contribution in [0.3, 0.4) is 0 Å². The first-order chi connectivity index (χ1) is 50.3. The minimum atomic E-state index is -1.99. The van der Waals surface area contributed by atoms with E-state index in [2.05, 4.69) is 54.8 Å². The van der Waals surface area contributed by atoms with Gasteiger partial charge in [0.15, 0.2) is 0 Å². The maximum Gasteiger partial charge on any atom is 0.334 e. The van der Waals surface area contributed by atoms with Crippen molar-refractivity contribution in [3.63, 3.8) is 0 Å². The fourth-order valence-corrected chi connectivity index (χ4v) is 12.4. The van der Waals surface area contributed by atoms with E-state index in [9.17, 15) is 92.7 Å². The average Bonchev–Trinajstić information content (AvgIpc) is 1.51. The second-order valence-electron chi connectivity index (χ2n) is 28.3. The second-order valence-corrected chi connectivity index (χ2v) is 28.3. The number of phenols is 1. The molecule has 106 heavy (non-hydrogen) atoms. The zero-order chi connectivity index (χ0) is 78.6. The van der Waals surface area contributed by atoms with Gasteiger partial charge in [0.1, 0.15) is 71.9 Å². The molecule has 0 spiro atoms. The number of ether oxygens (including phenoxy) is 1. The number of nitrogens with zero attached hydrogens (tertiary/aromatic N) is 1. The van der Waals surface area contributed by atoms with Crippen molar-refractivity contribution in [2.45, 2.75) is 281 Å². The van der Waals surface area contributed by atoms with Crippen LogP contribution in [0, 0.1) is 11.8 Å². The Hall–Kier alpha value is -9.30. The number of aromatic hydroxyl groups is 1. The summed E-state index contributed by atoms with van der Waals surface area (Å²) in [7, 11) is 0. The molecular weight excluding hydrogens is 1380 g/mol. The molecule has 0 saturated carbocycles. The third kappa shape index (κ3) is 31.8. The largest absolute Gasteiger partial charge is 0.508 e. The molecule has 3 aliphatic rings. The number of carbonyl (C=O) groups is 14. The zero-order valence-electron chi connectivity index (χ0n) is 62.0. The minimum absolute atomic E-state index is 0.0231. The van der Waals surface area contributed by atoms with E-state index in [1.807, 2.05) is 0 Å². The highest BCUT2D eigenvalue weighted by Gasteiger charge is 2.42. The molecule has 1 saturated heterocycles. The molecule has 0 radical (unpaired) electrons. The summed E-state index contributed by atoms with van der Waals surface area (Å²) in [5.41, 5.74) is 12.0. The Bertz CT molecular complexity index is 3240. The van der Waals surface area contributed by atoms with Gasteiger partial charge < -0.3 is 94.5 Å². The van der Waals surface area contributed by atoms with E-state index in [1.54, 1.807) is 27.7 Å². The highest BCUT2D eigenvalue weighted by molar-refractivity contribution is 6.00. The first kappa shape index (κ1) is 89.1. The van der Waals surface area contributed by atoms with E-state index in [-0.39, 0.29) is 62.3 Å². The number of hydrogen-bond acceptors (Lipinski definition) is 19. The van der Waals surface area contributed by atoms with Crippen molar-refractivity contribution in [3.05, 3.63) is 59.7 Å². The molecule has 18 N–H and O–H groups in total. The highest BCUT2D eigenvalue weighted by atomic mass is 16.5. The first-order valence-corrected chi connectivity index (χ1v) is 37.2. The maximum atomic E-state index is 14.9. The van der Waals surface area contributed by atoms with E-state index >= 15 is 0 Å². The van der Waals surface area contributed by atoms with E-state index in [0.717, 1.165) is 43.9 Å². The number of primary amides is 1. The molecule has 2 aromatic carbocycles. The minimum Gasteiger partial charge on any atom is -0.508 e. The first-order valence-electron chi connectivity index (χ1n) is 37.2. The number of carbonyl (C=O) groups excluding carboxylic acids is 12. The van der Waals surface area contributed by atoms with Gasteiger partial charge in [-0.1, -0.05) is 136 Å². The summed E-state index contributed by atoms with van der Waals surface area (Å²) in [6.45, 7) is 9.50. The van der Waals surface area contributed by atoms with E-state index < -0.39 is 219 Å². The van der Waals surface area contributed by atoms with Gasteiger partial charge in [0, 0.05) is 38.6 Å². The lowest BCUT2D eigenvalue weighted by Crippen LogP contribution is -2.62. The highest BCUT2D eigenvalue weighted by Crippen LogP contribution is 2.24. The van der Waals surface area contributed by atoms with Crippen LogP contribution in [0.15, 0.2) is 48.5 Å². The Morgan fingerprint density at radius 3 is 1.67 bits per heavy atom. The number of unbranched alkanes of at least 4 members (excludes halogenated alkanes) is 11. The lowest BCUT2D eigenvalue weighted by Gasteiger charge is -2.32. The SMILES string of the molecule is CCCCCCCCCCCCCC[C@H](O)CC(=O)N[C@H](CCC(=O)O)C(=O)N[C@H](CCCN)C(=O)N[C@H]1Cc2ccc(cc2)OC(=O)[C@H](C(C)C)NC(=O)[C@@H](Cc2ccc(O)cc2)NC(=O)[C@H](CCC(N)=O)NC(=O)[C@@H]2CCCN2C(=O)[C@H](C(C)C)NC(=O)[C@@H](CCC(=O)O)NC(=O)[C@H]([C@H](C)O)NC1=O. The van der Waals surface area contributed by atoms with E-state index in [0.29, 0.717) is 18.4 Å². The molecule has 1 fully saturated rings. The van der Waals surface area contributed by atoms with Crippen molar-refractivity contribution in [1.82, 2.24) is 52.8 Å². The van der Waals surface area contributed by atoms with Crippen LogP contribution in [0.4, 0.5) is 0 Å². The van der Waals surface area contributed by atoms with Crippen molar-refractivity contribution < 1.29 is 97.4 Å². The van der Waals surface area contributed by atoms with Crippen LogP contribution >= 0.6 is 0 Å². The Labute approximate surface area is 619 Å². The van der Waals surface area contributed by atoms with Crippen LogP contribution in [-0.4, -0.2) is 199 Å². The van der Waals surface area contributed by atoms with E-state index in [4.69, 9.17) is 16.2 Å². The molecule has 3 heterocycles. The fraction of sp³-hybridized carbons (Fsp3) is 0.649. The third-order valence-corrected chi connectivity index (χ3v) is 18.6. The number of rotatable bonds is 37. The van der Waals surface area contributed by atoms with Crippen molar-refractivity contribution in [1.29, 1.82) is 0 Å². The molecule has 0 unspecified atom stereocenters. The number of nitrogens with two attached hydrogens (primary N) is 2. The lowest BCUT2D eigenvalue weighted by molar-refractivity contribution is -0.144. The Balaban J connectivity index is 1.75. The molecule has 3 aliphatic heterocycles. The average molecular weight is 1490 g/mol. The lowest BCUT2D eigenvalue weighted by atomic mass is 10.00. The number of aliphatic hydroxyl groups excluding tert-OH is 2. The predicted molar refractivity (Wildman–Crippen MR) is 388 cm³/mol. The topological polar surface area (TPSA) is 513 Å². The number of aliphatic carboxylic acids is 2. The Morgan fingerprint density at radius 2 is 1.10 bits per heavy atom. The smallest absolute Gasteiger partial charge is 0.334 e. The number of carboxylic acids is 2. The fourth-order valence-electron chi connectivity index (χ4n) is 12.4. The molecule has 32 heteroatoms. The van der Waals surface area contributed by atoms with Gasteiger partial charge in [-0.3, -0.25) is 62.3 Å². The monoisotopic (exact) mass is 1490 g/mol. The van der Waals surface area contributed by atoms with Gasteiger partial charge in [-0.15, -0.1) is 0 Å². The Kier molecular flexibility index (Phi) is 39.2. The summed E-state index contributed by atoms with van der Waals surface area (Å²) in [5, 5.41) is 74.5. The summed E-state index contributed by atoms with van der Waals surface area (Å²) in [6, 6.07) is -4.94. The number of hydrogen-bond donors (Lipinski definition) is 16. The van der Waals surface area contributed by atoms with Crippen LogP contribution in [0.1, 0.15) is 207 Å². The van der Waals surface area contributed by atoms with Crippen LogP contribution in [0.5, 0.6) is 11.5 Å². The number of fused-ring (bicyclic) bond motifs is 23. The van der Waals surface area contributed by atoms with Gasteiger partial charge in [0.05, 0.1) is 18.6 Å². The van der Waals surface area contributed by atoms with Gasteiger partial charge in [-0.05, 0) is 112 Å². The molecule has 12 atom stereocenters. The maximum absolute atomic E-state index is 14.9. The quantitative estimate of drug-likeness (QED) is 0.0198. The van der Waals surface area contributed by atoms with Crippen LogP contribution in [0.25, 0.3) is 0 Å². The molecule has 0 aliphatic carbocycles. The van der Waals surface area contributed by atoms with Crippen molar-refractivity contribution in [2.24, 2.45) is 23.3 Å². The summed E-state index contributed by atoms with van der Waals surface area (Å²) in [5.74, 6) is -16.2. The van der Waals surface area contributed by atoms with Gasteiger partial charge >= 0.3 is 17.9 Å². The molecule has 0 aromatic heterocycles. The molecule has 2 bridgehead atoms. The Morgan fingerprint density at radius 1 is 0.575 bits per heavy atom. The number of amides is 11. The number of nitrogens with one attached hydrogen (secondary N) is 9. The number of phenolic OH excluding ortho intramolecular Hbond substituents is 1. The van der Waals surface area contributed by atoms with Gasteiger partial charge in [-0.2, -0.15) is 0 Å². The normalized spacial score (nSPS) is 21.6. The number of carboxylic acid groups (broad SMARTS) is 2.